The fourth-order valence-electron chi connectivity index (χ4n) is 1.98. The van der Waals surface area contributed by atoms with Gasteiger partial charge in [-0.1, -0.05) is 6.07 Å². The maximum Gasteiger partial charge on any atom is 0.292 e. The van der Waals surface area contributed by atoms with Crippen molar-refractivity contribution in [2.75, 3.05) is 12.4 Å². The van der Waals surface area contributed by atoms with E-state index in [0.717, 1.165) is 10.5 Å². The summed E-state index contributed by atoms with van der Waals surface area (Å²) < 4.78 is 0. The second-order valence-corrected chi connectivity index (χ2v) is 4.47. The van der Waals surface area contributed by atoms with Crippen molar-refractivity contribution in [3.05, 3.63) is 33.9 Å². The molecule has 7 nitrogen and oxygen atoms in total. The van der Waals surface area contributed by atoms with Crippen LogP contribution >= 0.6 is 0 Å². The molecule has 1 aromatic carbocycles. The maximum absolute atomic E-state index is 11.8. The Kier molecular flexibility index (Phi) is 3.20. The predicted octanol–water partition coefficient (Wildman–Crippen LogP) is 1.07. The number of hydrogen-bond acceptors (Lipinski definition) is 5. The van der Waals surface area contributed by atoms with Crippen LogP contribution in [0.3, 0.4) is 0 Å². The van der Waals surface area contributed by atoms with Gasteiger partial charge in [0.25, 0.3) is 11.6 Å². The number of amides is 2. The number of imide groups is 1. The zero-order valence-corrected chi connectivity index (χ0v) is 10.5. The molecular formula is C12H13N3O4. The first-order valence-corrected chi connectivity index (χ1v) is 5.72. The molecular weight excluding hydrogens is 250 g/mol. The summed E-state index contributed by atoms with van der Waals surface area (Å²) in [7, 11) is 1.40. The molecule has 1 fully saturated rings. The number of anilines is 1. The number of likely N-dealkylation sites (tertiary alicyclic amines) is 1. The molecule has 19 heavy (non-hydrogen) atoms. The molecule has 0 aliphatic carbocycles. The van der Waals surface area contributed by atoms with Crippen LogP contribution in [0.2, 0.25) is 0 Å². The molecule has 1 atom stereocenters. The topological polar surface area (TPSA) is 92.6 Å². The van der Waals surface area contributed by atoms with Gasteiger partial charge in [0.1, 0.15) is 11.7 Å². The molecule has 0 saturated carbocycles. The lowest BCUT2D eigenvalue weighted by Crippen LogP contribution is -2.32. The Hall–Kier alpha value is -2.44. The molecule has 1 N–H and O–H groups in total. The average Bonchev–Trinajstić information content (AvgIpc) is 2.57. The van der Waals surface area contributed by atoms with Crippen LogP contribution in [0.15, 0.2) is 18.2 Å². The van der Waals surface area contributed by atoms with Crippen LogP contribution in [0.25, 0.3) is 0 Å². The standard InChI is InChI=1S/C12H13N3O4/c1-7-3-4-10(15(18)19)8(5-7)13-9-6-11(16)14(2)12(9)17/h3-5,9,13H,6H2,1-2H3. The van der Waals surface area contributed by atoms with Gasteiger partial charge >= 0.3 is 0 Å². The molecule has 0 radical (unpaired) electrons. The van der Waals surface area contributed by atoms with Crippen LogP contribution in [0, 0.1) is 17.0 Å². The Morgan fingerprint density at radius 1 is 1.42 bits per heavy atom. The van der Waals surface area contributed by atoms with E-state index in [1.807, 2.05) is 0 Å². The zero-order valence-electron chi connectivity index (χ0n) is 10.5. The van der Waals surface area contributed by atoms with Gasteiger partial charge in [-0.25, -0.2) is 0 Å². The van der Waals surface area contributed by atoms with Gasteiger partial charge < -0.3 is 5.32 Å². The quantitative estimate of drug-likeness (QED) is 0.500. The van der Waals surface area contributed by atoms with Crippen LogP contribution in [0.5, 0.6) is 0 Å². The first-order valence-electron chi connectivity index (χ1n) is 5.72. The molecule has 1 aromatic rings. The van der Waals surface area contributed by atoms with Crippen LogP contribution in [-0.2, 0) is 9.59 Å². The lowest BCUT2D eigenvalue weighted by Gasteiger charge is -2.13. The smallest absolute Gasteiger partial charge is 0.292 e. The normalized spacial score (nSPS) is 18.8. The van der Waals surface area contributed by atoms with E-state index < -0.39 is 11.0 Å². The second kappa shape index (κ2) is 4.68. The minimum Gasteiger partial charge on any atom is -0.368 e. The minimum atomic E-state index is -0.738. The highest BCUT2D eigenvalue weighted by Crippen LogP contribution is 2.27. The summed E-state index contributed by atoms with van der Waals surface area (Å²) >= 11 is 0. The SMILES string of the molecule is Cc1ccc([N+](=O)[O-])c(NC2CC(=O)N(C)C2=O)c1. The Bertz CT molecular complexity index is 570. The number of nitrogens with one attached hydrogen (secondary N) is 1. The molecule has 1 aliphatic heterocycles. The molecule has 0 bridgehead atoms. The molecule has 7 heteroatoms. The van der Waals surface area contributed by atoms with Crippen molar-refractivity contribution in [2.45, 2.75) is 19.4 Å². The largest absolute Gasteiger partial charge is 0.368 e. The van der Waals surface area contributed by atoms with Crippen LogP contribution < -0.4 is 5.32 Å². The number of carbonyl (C=O) groups excluding carboxylic acids is 2. The highest BCUT2D eigenvalue weighted by atomic mass is 16.6. The summed E-state index contributed by atoms with van der Waals surface area (Å²) in [6.45, 7) is 1.79. The Morgan fingerprint density at radius 2 is 2.11 bits per heavy atom. The lowest BCUT2D eigenvalue weighted by molar-refractivity contribution is -0.384. The number of nitrogens with zero attached hydrogens (tertiary/aromatic N) is 2. The van der Waals surface area contributed by atoms with Crippen molar-refractivity contribution < 1.29 is 14.5 Å². The van der Waals surface area contributed by atoms with Crippen molar-refractivity contribution in [2.24, 2.45) is 0 Å². The summed E-state index contributed by atoms with van der Waals surface area (Å²) in [6.07, 6.45) is 0.0143. The highest BCUT2D eigenvalue weighted by molar-refractivity contribution is 6.06. The van der Waals surface area contributed by atoms with E-state index >= 15 is 0 Å². The van der Waals surface area contributed by atoms with E-state index in [0.29, 0.717) is 0 Å². The highest BCUT2D eigenvalue weighted by Gasteiger charge is 2.36. The molecule has 1 unspecified atom stereocenters. The van der Waals surface area contributed by atoms with Crippen molar-refractivity contribution in [3.8, 4) is 0 Å². The van der Waals surface area contributed by atoms with E-state index in [1.54, 1.807) is 19.1 Å². The van der Waals surface area contributed by atoms with Gasteiger partial charge in [-0.15, -0.1) is 0 Å². The third kappa shape index (κ3) is 2.40. The second-order valence-electron chi connectivity index (χ2n) is 4.47. The number of carbonyl (C=O) groups is 2. The minimum absolute atomic E-state index is 0.0143. The van der Waals surface area contributed by atoms with Crippen LogP contribution in [0.1, 0.15) is 12.0 Å². The molecule has 1 aliphatic rings. The van der Waals surface area contributed by atoms with Gasteiger partial charge in [-0.05, 0) is 18.6 Å². The number of nitro groups is 1. The number of rotatable bonds is 3. The third-order valence-corrected chi connectivity index (χ3v) is 3.06. The van der Waals surface area contributed by atoms with E-state index in [1.165, 1.54) is 13.1 Å². The fraction of sp³-hybridized carbons (Fsp3) is 0.333. The molecule has 100 valence electrons. The maximum atomic E-state index is 11.8. The number of aryl methyl sites for hydroxylation is 1. The fourth-order valence-corrected chi connectivity index (χ4v) is 1.98. The Morgan fingerprint density at radius 3 is 2.63 bits per heavy atom. The molecule has 0 spiro atoms. The summed E-state index contributed by atoms with van der Waals surface area (Å²) in [5.74, 6) is -0.668. The van der Waals surface area contributed by atoms with Crippen molar-refractivity contribution in [3.63, 3.8) is 0 Å². The van der Waals surface area contributed by atoms with Gasteiger partial charge in [0, 0.05) is 13.1 Å². The van der Waals surface area contributed by atoms with Gasteiger partial charge in [-0.3, -0.25) is 24.6 Å². The molecule has 1 saturated heterocycles. The number of hydrogen-bond donors (Lipinski definition) is 1. The lowest BCUT2D eigenvalue weighted by atomic mass is 10.1. The Balaban J connectivity index is 2.29. The van der Waals surface area contributed by atoms with Crippen molar-refractivity contribution >= 4 is 23.2 Å². The summed E-state index contributed by atoms with van der Waals surface area (Å²) in [5, 5.41) is 13.7. The predicted molar refractivity (Wildman–Crippen MR) is 67.6 cm³/mol. The summed E-state index contributed by atoms with van der Waals surface area (Å²) in [5.41, 5.74) is 0.977. The number of benzene rings is 1. The number of nitro benzene ring substituents is 1. The van der Waals surface area contributed by atoms with Crippen molar-refractivity contribution in [1.29, 1.82) is 0 Å². The van der Waals surface area contributed by atoms with E-state index in [9.17, 15) is 19.7 Å². The number of likely N-dealkylation sites (N-methyl/N-ethyl adjacent to an activating group) is 1. The van der Waals surface area contributed by atoms with Crippen LogP contribution in [0.4, 0.5) is 11.4 Å². The van der Waals surface area contributed by atoms with E-state index in [-0.39, 0.29) is 29.6 Å². The molecule has 2 amide bonds. The monoisotopic (exact) mass is 263 g/mol. The van der Waals surface area contributed by atoms with Gasteiger partial charge in [0.15, 0.2) is 0 Å². The van der Waals surface area contributed by atoms with Gasteiger partial charge in [-0.2, -0.15) is 0 Å². The first-order chi connectivity index (χ1) is 8.90. The molecule has 0 aromatic heterocycles. The summed E-state index contributed by atoms with van der Waals surface area (Å²) in [6, 6.07) is 3.85. The molecule has 2 rings (SSSR count). The zero-order chi connectivity index (χ0) is 14.2. The van der Waals surface area contributed by atoms with Crippen LogP contribution in [-0.4, -0.2) is 34.7 Å². The van der Waals surface area contributed by atoms with E-state index in [4.69, 9.17) is 0 Å². The molecule has 1 heterocycles. The van der Waals surface area contributed by atoms with Crippen molar-refractivity contribution in [1.82, 2.24) is 4.90 Å². The third-order valence-electron chi connectivity index (χ3n) is 3.06. The van der Waals surface area contributed by atoms with Gasteiger partial charge in [0.05, 0.1) is 11.3 Å². The average molecular weight is 263 g/mol. The van der Waals surface area contributed by atoms with E-state index in [2.05, 4.69) is 5.32 Å². The Labute approximate surface area is 109 Å². The first kappa shape index (κ1) is 13.0. The van der Waals surface area contributed by atoms with Gasteiger partial charge in [0.2, 0.25) is 5.91 Å². The summed E-state index contributed by atoms with van der Waals surface area (Å²) in [4.78, 5) is 34.6.